The second-order valence-electron chi connectivity index (χ2n) is 6.21. The maximum absolute atomic E-state index is 12.8. The SMILES string of the molecule is COc1cccc([C@@H]2C[C@H](O)CN2C(=O)Cc2ccncc2C)c1. The van der Waals surface area contributed by atoms with Crippen molar-refractivity contribution in [2.45, 2.75) is 31.9 Å². The van der Waals surface area contributed by atoms with E-state index in [1.54, 1.807) is 24.4 Å². The highest BCUT2D eigenvalue weighted by molar-refractivity contribution is 5.80. The highest BCUT2D eigenvalue weighted by Gasteiger charge is 2.35. The van der Waals surface area contributed by atoms with Crippen LogP contribution in [0.1, 0.15) is 29.2 Å². The third kappa shape index (κ3) is 3.41. The van der Waals surface area contributed by atoms with Crippen LogP contribution in [-0.2, 0) is 11.2 Å². The van der Waals surface area contributed by atoms with Crippen LogP contribution in [0.4, 0.5) is 0 Å². The quantitative estimate of drug-likeness (QED) is 0.936. The van der Waals surface area contributed by atoms with Gasteiger partial charge in [0.25, 0.3) is 0 Å². The smallest absolute Gasteiger partial charge is 0.227 e. The molecule has 0 bridgehead atoms. The first-order valence-electron chi connectivity index (χ1n) is 8.09. The molecule has 1 amide bonds. The average molecular weight is 326 g/mol. The number of aliphatic hydroxyl groups is 1. The summed E-state index contributed by atoms with van der Waals surface area (Å²) in [5, 5.41) is 10.1. The molecule has 1 aliphatic rings. The van der Waals surface area contributed by atoms with Gasteiger partial charge in [0, 0.05) is 18.9 Å². The molecule has 126 valence electrons. The van der Waals surface area contributed by atoms with Crippen molar-refractivity contribution in [1.82, 2.24) is 9.88 Å². The molecule has 0 spiro atoms. The number of aliphatic hydroxyl groups excluding tert-OH is 1. The second-order valence-corrected chi connectivity index (χ2v) is 6.21. The third-order valence-corrected chi connectivity index (χ3v) is 4.56. The van der Waals surface area contributed by atoms with Crippen molar-refractivity contribution in [3.8, 4) is 5.75 Å². The first kappa shape index (κ1) is 16.5. The van der Waals surface area contributed by atoms with Crippen molar-refractivity contribution in [2.75, 3.05) is 13.7 Å². The number of hydrogen-bond acceptors (Lipinski definition) is 4. The molecule has 1 N–H and O–H groups in total. The van der Waals surface area contributed by atoms with E-state index in [0.29, 0.717) is 19.4 Å². The Kier molecular flexibility index (Phi) is 4.81. The monoisotopic (exact) mass is 326 g/mol. The van der Waals surface area contributed by atoms with Crippen LogP contribution in [0.25, 0.3) is 0 Å². The largest absolute Gasteiger partial charge is 0.497 e. The van der Waals surface area contributed by atoms with E-state index in [1.807, 2.05) is 37.3 Å². The summed E-state index contributed by atoms with van der Waals surface area (Å²) in [6.07, 6.45) is 3.84. The molecular formula is C19H22N2O3. The number of β-amino-alcohol motifs (C(OH)–C–C–N with tert-alkyl or cyclic N) is 1. The molecule has 5 heteroatoms. The second kappa shape index (κ2) is 7.01. The maximum atomic E-state index is 12.8. The third-order valence-electron chi connectivity index (χ3n) is 4.56. The van der Waals surface area contributed by atoms with Gasteiger partial charge in [0.15, 0.2) is 0 Å². The van der Waals surface area contributed by atoms with Crippen molar-refractivity contribution in [2.24, 2.45) is 0 Å². The Bertz CT molecular complexity index is 732. The van der Waals surface area contributed by atoms with Crippen LogP contribution in [0.3, 0.4) is 0 Å². The number of hydrogen-bond donors (Lipinski definition) is 1. The van der Waals surface area contributed by atoms with Crippen LogP contribution in [0.15, 0.2) is 42.7 Å². The zero-order valence-electron chi connectivity index (χ0n) is 14.0. The maximum Gasteiger partial charge on any atom is 0.227 e. The lowest BCUT2D eigenvalue weighted by Gasteiger charge is -2.25. The topological polar surface area (TPSA) is 62.7 Å². The van der Waals surface area contributed by atoms with Crippen LogP contribution in [-0.4, -0.2) is 40.7 Å². The van der Waals surface area contributed by atoms with Gasteiger partial charge in [-0.15, -0.1) is 0 Å². The predicted molar refractivity (Wildman–Crippen MR) is 90.7 cm³/mol. The van der Waals surface area contributed by atoms with Gasteiger partial charge in [0.05, 0.1) is 25.7 Å². The Morgan fingerprint density at radius 3 is 3.00 bits per heavy atom. The van der Waals surface area contributed by atoms with Gasteiger partial charge in [0.1, 0.15) is 5.75 Å². The molecule has 0 saturated carbocycles. The lowest BCUT2D eigenvalue weighted by atomic mass is 10.0. The van der Waals surface area contributed by atoms with E-state index in [-0.39, 0.29) is 11.9 Å². The summed E-state index contributed by atoms with van der Waals surface area (Å²) in [5.41, 5.74) is 2.97. The summed E-state index contributed by atoms with van der Waals surface area (Å²) in [5.74, 6) is 0.778. The minimum Gasteiger partial charge on any atom is -0.497 e. The predicted octanol–water partition coefficient (Wildman–Crippen LogP) is 2.28. The number of carbonyl (C=O) groups is 1. The van der Waals surface area contributed by atoms with E-state index >= 15 is 0 Å². The Morgan fingerprint density at radius 1 is 1.42 bits per heavy atom. The van der Waals surface area contributed by atoms with E-state index in [1.165, 1.54) is 0 Å². The van der Waals surface area contributed by atoms with Gasteiger partial charge in [-0.1, -0.05) is 12.1 Å². The number of nitrogens with zero attached hydrogens (tertiary/aromatic N) is 2. The van der Waals surface area contributed by atoms with Crippen LogP contribution in [0, 0.1) is 6.92 Å². The van der Waals surface area contributed by atoms with Gasteiger partial charge < -0.3 is 14.7 Å². The fourth-order valence-corrected chi connectivity index (χ4v) is 3.22. The Hall–Kier alpha value is -2.40. The van der Waals surface area contributed by atoms with Gasteiger partial charge in [-0.2, -0.15) is 0 Å². The lowest BCUT2D eigenvalue weighted by molar-refractivity contribution is -0.131. The van der Waals surface area contributed by atoms with Crippen molar-refractivity contribution >= 4 is 5.91 Å². The number of likely N-dealkylation sites (tertiary alicyclic amines) is 1. The van der Waals surface area contributed by atoms with Crippen molar-refractivity contribution < 1.29 is 14.6 Å². The van der Waals surface area contributed by atoms with Crippen LogP contribution < -0.4 is 4.74 Å². The van der Waals surface area contributed by atoms with E-state index in [0.717, 1.165) is 22.4 Å². The van der Waals surface area contributed by atoms with Gasteiger partial charge in [-0.3, -0.25) is 9.78 Å². The Morgan fingerprint density at radius 2 is 2.25 bits per heavy atom. The average Bonchev–Trinajstić information content (AvgIpc) is 2.99. The van der Waals surface area contributed by atoms with E-state index in [2.05, 4.69) is 4.98 Å². The van der Waals surface area contributed by atoms with Gasteiger partial charge in [-0.25, -0.2) is 0 Å². The van der Waals surface area contributed by atoms with Crippen molar-refractivity contribution in [1.29, 1.82) is 0 Å². The summed E-state index contributed by atoms with van der Waals surface area (Å²) >= 11 is 0. The summed E-state index contributed by atoms with van der Waals surface area (Å²) < 4.78 is 5.28. The Balaban J connectivity index is 1.82. The van der Waals surface area contributed by atoms with Gasteiger partial charge >= 0.3 is 0 Å². The number of methoxy groups -OCH3 is 1. The first-order valence-corrected chi connectivity index (χ1v) is 8.09. The number of rotatable bonds is 4. The highest BCUT2D eigenvalue weighted by atomic mass is 16.5. The number of aryl methyl sites for hydroxylation is 1. The number of aromatic nitrogens is 1. The summed E-state index contributed by atoms with van der Waals surface area (Å²) in [7, 11) is 1.62. The van der Waals surface area contributed by atoms with Gasteiger partial charge in [0.2, 0.25) is 5.91 Å². The van der Waals surface area contributed by atoms with Crippen LogP contribution in [0.5, 0.6) is 5.75 Å². The minimum absolute atomic E-state index is 0.0219. The summed E-state index contributed by atoms with van der Waals surface area (Å²) in [4.78, 5) is 18.7. The molecule has 1 saturated heterocycles. The lowest BCUT2D eigenvalue weighted by Crippen LogP contribution is -2.33. The van der Waals surface area contributed by atoms with E-state index in [9.17, 15) is 9.90 Å². The molecular weight excluding hydrogens is 304 g/mol. The molecule has 2 heterocycles. The van der Waals surface area contributed by atoms with Gasteiger partial charge in [-0.05, 0) is 48.2 Å². The molecule has 1 aromatic heterocycles. The van der Waals surface area contributed by atoms with Crippen LogP contribution >= 0.6 is 0 Å². The molecule has 0 unspecified atom stereocenters. The first-order chi connectivity index (χ1) is 11.6. The molecule has 0 radical (unpaired) electrons. The normalized spacial score (nSPS) is 20.2. The van der Waals surface area contributed by atoms with Crippen molar-refractivity contribution in [3.63, 3.8) is 0 Å². The molecule has 1 aliphatic heterocycles. The number of carbonyl (C=O) groups excluding carboxylic acids is 1. The molecule has 2 atom stereocenters. The molecule has 24 heavy (non-hydrogen) atoms. The molecule has 2 aromatic rings. The molecule has 1 aromatic carbocycles. The minimum atomic E-state index is -0.497. The molecule has 0 aliphatic carbocycles. The fourth-order valence-electron chi connectivity index (χ4n) is 3.22. The molecule has 5 nitrogen and oxygen atoms in total. The summed E-state index contributed by atoms with van der Waals surface area (Å²) in [6, 6.07) is 9.45. The summed E-state index contributed by atoms with van der Waals surface area (Å²) in [6.45, 7) is 2.32. The highest BCUT2D eigenvalue weighted by Crippen LogP contribution is 2.34. The van der Waals surface area contributed by atoms with E-state index < -0.39 is 6.10 Å². The number of ether oxygens (including phenoxy) is 1. The molecule has 1 fully saturated rings. The standard InChI is InChI=1S/C19H22N2O3/c1-13-11-20-7-6-14(13)9-19(23)21-12-16(22)10-18(21)15-4-3-5-17(8-15)24-2/h3-8,11,16,18,22H,9-10,12H2,1-2H3/t16-,18-/m0/s1. The number of amides is 1. The molecule has 3 rings (SSSR count). The zero-order chi connectivity index (χ0) is 17.1. The zero-order valence-corrected chi connectivity index (χ0v) is 14.0. The Labute approximate surface area is 141 Å². The van der Waals surface area contributed by atoms with Crippen molar-refractivity contribution in [3.05, 3.63) is 59.4 Å². The fraction of sp³-hybridized carbons (Fsp3) is 0.368. The van der Waals surface area contributed by atoms with Crippen LogP contribution in [0.2, 0.25) is 0 Å². The number of benzene rings is 1. The van der Waals surface area contributed by atoms with E-state index in [4.69, 9.17) is 4.74 Å². The number of pyridine rings is 1.